The molecule has 1 aromatic rings. The minimum absolute atomic E-state index is 0.187. The molecule has 21 heavy (non-hydrogen) atoms. The molecule has 1 unspecified atom stereocenters. The summed E-state index contributed by atoms with van der Waals surface area (Å²) in [6, 6.07) is 7.18. The van der Waals surface area contributed by atoms with Crippen molar-refractivity contribution in [3.8, 4) is 0 Å². The van der Waals surface area contributed by atoms with Crippen molar-refractivity contribution < 1.29 is 9.18 Å². The smallest absolute Gasteiger partial charge is 0.224 e. The Labute approximate surface area is 129 Å². The van der Waals surface area contributed by atoms with Crippen LogP contribution >= 0.6 is 11.8 Å². The molecule has 1 aromatic carbocycles. The van der Waals surface area contributed by atoms with Crippen molar-refractivity contribution >= 4 is 17.7 Å². The summed E-state index contributed by atoms with van der Waals surface area (Å²) >= 11 is 2.01. The third kappa shape index (κ3) is 3.77. The molecule has 0 aliphatic carbocycles. The fraction of sp³-hybridized carbons (Fsp3) is 0.562. The zero-order valence-electron chi connectivity index (χ0n) is 12.1. The van der Waals surface area contributed by atoms with Gasteiger partial charge in [0.05, 0.1) is 0 Å². The molecule has 0 spiro atoms. The summed E-state index contributed by atoms with van der Waals surface area (Å²) in [6.45, 7) is 3.07. The Kier molecular flexibility index (Phi) is 4.80. The van der Waals surface area contributed by atoms with Gasteiger partial charge in [-0.15, -0.1) is 0 Å². The number of hydrogen-bond donors (Lipinski definition) is 0. The first-order valence-electron chi connectivity index (χ1n) is 7.56. The van der Waals surface area contributed by atoms with E-state index in [2.05, 4.69) is 4.90 Å². The summed E-state index contributed by atoms with van der Waals surface area (Å²) in [5.74, 6) is 2.38. The van der Waals surface area contributed by atoms with E-state index in [1.807, 2.05) is 22.7 Å². The third-order valence-corrected chi connectivity index (χ3v) is 5.45. The van der Waals surface area contributed by atoms with Crippen molar-refractivity contribution in [2.45, 2.75) is 25.4 Å². The van der Waals surface area contributed by atoms with E-state index in [1.54, 1.807) is 6.07 Å². The summed E-state index contributed by atoms with van der Waals surface area (Å²) in [5.41, 5.74) is 0.869. The van der Waals surface area contributed by atoms with Crippen molar-refractivity contribution in [2.75, 3.05) is 31.1 Å². The lowest BCUT2D eigenvalue weighted by Gasteiger charge is -2.26. The Morgan fingerprint density at radius 1 is 1.29 bits per heavy atom. The highest BCUT2D eigenvalue weighted by Gasteiger charge is 2.27. The molecule has 1 atom stereocenters. The number of hydrogen-bond acceptors (Lipinski definition) is 3. The molecule has 0 aromatic heterocycles. The molecule has 2 saturated heterocycles. The van der Waals surface area contributed by atoms with Crippen LogP contribution < -0.4 is 0 Å². The van der Waals surface area contributed by atoms with Crippen LogP contribution in [0.3, 0.4) is 0 Å². The van der Waals surface area contributed by atoms with E-state index in [1.165, 1.54) is 30.1 Å². The maximum atomic E-state index is 13.3. The number of rotatable bonds is 3. The normalized spacial score (nSPS) is 24.3. The average molecular weight is 308 g/mol. The maximum absolute atomic E-state index is 13.3. The predicted molar refractivity (Wildman–Crippen MR) is 83.7 cm³/mol. The van der Waals surface area contributed by atoms with Crippen LogP contribution in [-0.4, -0.2) is 52.9 Å². The third-order valence-electron chi connectivity index (χ3n) is 4.31. The van der Waals surface area contributed by atoms with Crippen LogP contribution in [0.15, 0.2) is 24.3 Å². The van der Waals surface area contributed by atoms with Gasteiger partial charge in [-0.1, -0.05) is 12.1 Å². The van der Waals surface area contributed by atoms with E-state index in [9.17, 15) is 9.18 Å². The molecule has 1 amide bonds. The lowest BCUT2D eigenvalue weighted by Crippen LogP contribution is -2.38. The number of nitrogens with zero attached hydrogens (tertiary/aromatic N) is 2. The molecule has 0 N–H and O–H groups in total. The van der Waals surface area contributed by atoms with Gasteiger partial charge in [0.1, 0.15) is 5.82 Å². The van der Waals surface area contributed by atoms with Gasteiger partial charge in [0.2, 0.25) is 5.91 Å². The second-order valence-electron chi connectivity index (χ2n) is 5.75. The molecule has 2 aliphatic heterocycles. The summed E-state index contributed by atoms with van der Waals surface area (Å²) in [7, 11) is 0. The lowest BCUT2D eigenvalue weighted by atomic mass is 10.2. The van der Waals surface area contributed by atoms with Gasteiger partial charge in [-0.05, 0) is 29.9 Å². The number of halogens is 1. The summed E-state index contributed by atoms with van der Waals surface area (Å²) in [6.07, 6.45) is 1.82. The Morgan fingerprint density at radius 2 is 2.19 bits per heavy atom. The quantitative estimate of drug-likeness (QED) is 0.856. The van der Waals surface area contributed by atoms with E-state index in [0.29, 0.717) is 19.0 Å². The average Bonchev–Trinajstić information content (AvgIpc) is 2.94. The Bertz CT molecular complexity index is 505. The highest BCUT2D eigenvalue weighted by atomic mass is 32.2. The second-order valence-corrected chi connectivity index (χ2v) is 6.90. The highest BCUT2D eigenvalue weighted by Crippen LogP contribution is 2.23. The lowest BCUT2D eigenvalue weighted by molar-refractivity contribution is -0.130. The number of carbonyl (C=O) groups excluding carboxylic acids is 1. The molecule has 2 aliphatic rings. The zero-order chi connectivity index (χ0) is 14.7. The van der Waals surface area contributed by atoms with Gasteiger partial charge >= 0.3 is 0 Å². The van der Waals surface area contributed by atoms with Crippen molar-refractivity contribution in [1.82, 2.24) is 9.80 Å². The van der Waals surface area contributed by atoms with Gasteiger partial charge in [-0.25, -0.2) is 4.39 Å². The highest BCUT2D eigenvalue weighted by molar-refractivity contribution is 7.99. The molecule has 2 fully saturated rings. The van der Waals surface area contributed by atoms with Gasteiger partial charge in [0.25, 0.3) is 0 Å². The summed E-state index contributed by atoms with van der Waals surface area (Å²) < 4.78 is 13.3. The van der Waals surface area contributed by atoms with E-state index in [0.717, 1.165) is 25.2 Å². The fourth-order valence-electron chi connectivity index (χ4n) is 3.08. The first-order chi connectivity index (χ1) is 10.2. The van der Waals surface area contributed by atoms with E-state index in [-0.39, 0.29) is 11.7 Å². The topological polar surface area (TPSA) is 23.6 Å². The number of carbonyl (C=O) groups is 1. The van der Waals surface area contributed by atoms with E-state index < -0.39 is 0 Å². The molecular formula is C16H21FN2OS. The Balaban J connectivity index is 1.62. The molecular weight excluding hydrogens is 287 g/mol. The monoisotopic (exact) mass is 308 g/mol. The molecule has 5 heteroatoms. The van der Waals surface area contributed by atoms with Crippen molar-refractivity contribution in [1.29, 1.82) is 0 Å². The number of amides is 1. The predicted octanol–water partition coefficient (Wildman–Crippen LogP) is 2.37. The first kappa shape index (κ1) is 14.9. The Hall–Kier alpha value is -1.07. The van der Waals surface area contributed by atoms with Gasteiger partial charge in [0, 0.05) is 44.4 Å². The maximum Gasteiger partial charge on any atom is 0.224 e. The molecule has 0 radical (unpaired) electrons. The van der Waals surface area contributed by atoms with Crippen LogP contribution in [0.2, 0.25) is 0 Å². The number of benzene rings is 1. The standard InChI is InChI=1S/C16H21FN2OS/c17-14-3-1-2-13(10-14)11-19-8-7-18(6-4-16(19)20)15-5-9-21-12-15/h1-3,10,15H,4-9,11-12H2. The molecule has 2 heterocycles. The minimum Gasteiger partial charge on any atom is -0.337 e. The minimum atomic E-state index is -0.237. The Morgan fingerprint density at radius 3 is 2.95 bits per heavy atom. The van der Waals surface area contributed by atoms with Gasteiger partial charge in [-0.2, -0.15) is 11.8 Å². The fourth-order valence-corrected chi connectivity index (χ4v) is 4.34. The first-order valence-corrected chi connectivity index (χ1v) is 8.72. The summed E-state index contributed by atoms with van der Waals surface area (Å²) in [5, 5.41) is 0. The van der Waals surface area contributed by atoms with Crippen molar-refractivity contribution in [3.05, 3.63) is 35.6 Å². The largest absolute Gasteiger partial charge is 0.337 e. The van der Waals surface area contributed by atoms with Crippen LogP contribution in [0.25, 0.3) is 0 Å². The van der Waals surface area contributed by atoms with Crippen LogP contribution in [0.1, 0.15) is 18.4 Å². The molecule has 114 valence electrons. The molecule has 0 saturated carbocycles. The van der Waals surface area contributed by atoms with Gasteiger partial charge in [0.15, 0.2) is 0 Å². The van der Waals surface area contributed by atoms with Gasteiger partial charge < -0.3 is 4.90 Å². The molecule has 3 rings (SSSR count). The zero-order valence-corrected chi connectivity index (χ0v) is 12.9. The van der Waals surface area contributed by atoms with Crippen molar-refractivity contribution in [2.24, 2.45) is 0 Å². The van der Waals surface area contributed by atoms with E-state index in [4.69, 9.17) is 0 Å². The van der Waals surface area contributed by atoms with Crippen LogP contribution in [0.5, 0.6) is 0 Å². The summed E-state index contributed by atoms with van der Waals surface area (Å²) in [4.78, 5) is 16.6. The number of thioether (sulfide) groups is 1. The van der Waals surface area contributed by atoms with Crippen LogP contribution in [0, 0.1) is 5.82 Å². The van der Waals surface area contributed by atoms with Gasteiger partial charge in [-0.3, -0.25) is 9.69 Å². The second kappa shape index (κ2) is 6.79. The van der Waals surface area contributed by atoms with Crippen LogP contribution in [-0.2, 0) is 11.3 Å². The molecule has 3 nitrogen and oxygen atoms in total. The van der Waals surface area contributed by atoms with E-state index >= 15 is 0 Å². The molecule has 0 bridgehead atoms. The SMILES string of the molecule is O=C1CCN(C2CCSC2)CCN1Cc1cccc(F)c1. The van der Waals surface area contributed by atoms with Crippen LogP contribution in [0.4, 0.5) is 4.39 Å². The van der Waals surface area contributed by atoms with Crippen molar-refractivity contribution in [3.63, 3.8) is 0 Å².